The number of guanidine groups is 6. The maximum absolute atomic E-state index is 12.5. The predicted molar refractivity (Wildman–Crippen MR) is 193 cm³/mol. The Morgan fingerprint density at radius 3 is 1.26 bits per heavy atom. The van der Waals surface area contributed by atoms with Crippen LogP contribution < -0.4 is 91.0 Å². The van der Waals surface area contributed by atoms with Crippen molar-refractivity contribution in [3.63, 3.8) is 0 Å². The van der Waals surface area contributed by atoms with Crippen molar-refractivity contribution < 1.29 is 85.1 Å². The number of hydrogen-bond donors (Lipinski definition) is 6. The fraction of sp³-hybridized carbons (Fsp3) is 0.0625. The third-order valence-corrected chi connectivity index (χ3v) is 9.08. The molecule has 0 unspecified atom stereocenters. The van der Waals surface area contributed by atoms with Crippen LogP contribution in [0.5, 0.6) is 0 Å². The van der Waals surface area contributed by atoms with Crippen molar-refractivity contribution >= 4 is 78.7 Å². The van der Waals surface area contributed by atoms with Gasteiger partial charge in [0.05, 0.1) is 21.2 Å². The molecular formula is C32H26N12Na2O6S2. The van der Waals surface area contributed by atoms with E-state index in [4.69, 9.17) is 0 Å². The minimum atomic E-state index is -5.41. The van der Waals surface area contributed by atoms with Gasteiger partial charge >= 0.3 is 59.1 Å². The zero-order valence-electron chi connectivity index (χ0n) is 28.6. The van der Waals surface area contributed by atoms with Gasteiger partial charge in [0.2, 0.25) is 35.8 Å². The van der Waals surface area contributed by atoms with Crippen molar-refractivity contribution in [3.8, 4) is 0 Å². The van der Waals surface area contributed by atoms with Crippen molar-refractivity contribution in [2.45, 2.75) is 22.9 Å². The normalized spacial score (nSPS) is 14.8. The number of nitrogens with one attached hydrogen (secondary N) is 6. The van der Waals surface area contributed by atoms with Crippen LogP contribution in [0.1, 0.15) is 11.1 Å². The fourth-order valence-electron chi connectivity index (χ4n) is 4.97. The van der Waals surface area contributed by atoms with Gasteiger partial charge in [0, 0.05) is 24.5 Å². The van der Waals surface area contributed by atoms with Crippen molar-refractivity contribution in [1.29, 1.82) is 0 Å². The number of fused-ring (bicyclic) bond motifs is 2. The molecule has 4 aromatic rings. The Kier molecular flexibility index (Phi) is 13.1. The molecular weight excluding hydrogens is 759 g/mol. The Hall–Kier alpha value is -4.48. The number of hydrogen-bond acceptors (Lipinski definition) is 18. The largest absolute Gasteiger partial charge is 1.00 e. The van der Waals surface area contributed by atoms with Gasteiger partial charge in [-0.15, -0.1) is 0 Å². The van der Waals surface area contributed by atoms with Gasteiger partial charge in [0.1, 0.15) is 20.2 Å². The van der Waals surface area contributed by atoms with Gasteiger partial charge in [-0.3, -0.25) is 10.6 Å². The molecule has 8 rings (SSSR count). The van der Waals surface area contributed by atoms with E-state index in [0.717, 1.165) is 17.2 Å². The van der Waals surface area contributed by atoms with Crippen LogP contribution in [0, 0.1) is 0 Å². The van der Waals surface area contributed by atoms with Gasteiger partial charge in [-0.25, -0.2) is 26.8 Å². The molecule has 4 heterocycles. The van der Waals surface area contributed by atoms with E-state index in [1.807, 2.05) is 60.7 Å². The molecule has 0 saturated heterocycles. The molecule has 0 fully saturated rings. The summed E-state index contributed by atoms with van der Waals surface area (Å²) in [5.74, 6) is -0.132. The number of nitrogens with zero attached hydrogens (tertiary/aromatic N) is 6. The molecule has 4 aromatic carbocycles. The molecule has 0 aliphatic carbocycles. The quantitative estimate of drug-likeness (QED) is 0.0814. The Morgan fingerprint density at radius 1 is 0.500 bits per heavy atom. The summed E-state index contributed by atoms with van der Waals surface area (Å²) in [5.41, 5.74) is 1.82. The van der Waals surface area contributed by atoms with E-state index in [1.54, 1.807) is 24.3 Å². The number of aliphatic imine (C=N–C) groups is 6. The number of rotatable bonds is 6. The van der Waals surface area contributed by atoms with Crippen LogP contribution in [0.15, 0.2) is 137 Å². The molecule has 0 spiro atoms. The second-order valence-corrected chi connectivity index (χ2v) is 13.8. The minimum Gasteiger partial charge on any atom is -0.744 e. The molecule has 6 N–H and O–H groups in total. The summed E-state index contributed by atoms with van der Waals surface area (Å²) >= 11 is 0. The number of benzene rings is 4. The molecule has 4 aliphatic heterocycles. The summed E-state index contributed by atoms with van der Waals surface area (Å²) in [4.78, 5) is 23.9. The smallest absolute Gasteiger partial charge is 0.744 e. The average molecular weight is 785 g/mol. The summed E-state index contributed by atoms with van der Waals surface area (Å²) in [6, 6.07) is 27.0. The van der Waals surface area contributed by atoms with Crippen LogP contribution in [0.4, 0.5) is 22.7 Å². The van der Waals surface area contributed by atoms with E-state index in [2.05, 4.69) is 61.9 Å². The summed E-state index contributed by atoms with van der Waals surface area (Å²) in [6.07, 6.45) is 0. The third kappa shape index (κ3) is 10.4. The van der Waals surface area contributed by atoms with E-state index < -0.39 is 41.4 Å². The molecule has 22 heteroatoms. The Labute approximate surface area is 353 Å². The van der Waals surface area contributed by atoms with Crippen LogP contribution in [-0.2, 0) is 33.3 Å². The first-order valence-electron chi connectivity index (χ1n) is 15.3. The first-order chi connectivity index (χ1) is 24.9. The van der Waals surface area contributed by atoms with E-state index in [9.17, 15) is 25.9 Å². The van der Waals surface area contributed by atoms with Crippen LogP contribution in [0.2, 0.25) is 0 Å². The maximum atomic E-state index is 12.5. The molecule has 4 aliphatic rings. The maximum Gasteiger partial charge on any atom is 1.00 e. The zero-order valence-corrected chi connectivity index (χ0v) is 34.2. The molecule has 0 amide bonds. The van der Waals surface area contributed by atoms with Crippen molar-refractivity contribution in [2.75, 3.05) is 10.6 Å². The third-order valence-electron chi connectivity index (χ3n) is 7.35. The fourth-order valence-corrected chi connectivity index (χ4v) is 6.30. The standard InChI is InChI=1S/C32H28N12O6S2.2Na/c45-51(46,47)25-16-26(52(48,49)50)24-15-23(25)37-31-41-27(33-17-19-7-3-1-4-8-19)39-29(43-31)35-21-11-13-22(14-12-21)36-30-40-28(42-32(38-24)44-30)34-18-20-9-5-2-6-10-20;;/h1-16H,17-18H2,(H,45,46,47)(H,48,49,50)(H3,33,35,37,39,41,43)(H3,34,36,38,40,42,44);;/q;2*+1/p-2. The van der Waals surface area contributed by atoms with Gasteiger partial charge in [-0.2, -0.15) is 20.0 Å². The minimum absolute atomic E-state index is 0. The second-order valence-electron chi connectivity index (χ2n) is 11.1. The van der Waals surface area contributed by atoms with Crippen molar-refractivity contribution in [2.24, 2.45) is 30.0 Å². The van der Waals surface area contributed by atoms with Crippen LogP contribution in [-0.4, -0.2) is 61.7 Å². The second kappa shape index (κ2) is 17.3. The first kappa shape index (κ1) is 40.7. The van der Waals surface area contributed by atoms with Gasteiger partial charge in [0.25, 0.3) is 0 Å². The molecule has 0 radical (unpaired) electrons. The predicted octanol–water partition coefficient (Wildman–Crippen LogP) is -3.77. The Bertz CT molecular complexity index is 2290. The first-order valence-corrected chi connectivity index (χ1v) is 18.1. The van der Waals surface area contributed by atoms with Gasteiger partial charge in [0.15, 0.2) is 0 Å². The molecule has 54 heavy (non-hydrogen) atoms. The Morgan fingerprint density at radius 2 is 0.889 bits per heavy atom. The Balaban J connectivity index is 0.00000280. The summed E-state index contributed by atoms with van der Waals surface area (Å²) in [5, 5.41) is 18.0. The van der Waals surface area contributed by atoms with Gasteiger partial charge < -0.3 is 30.4 Å². The van der Waals surface area contributed by atoms with E-state index in [1.165, 1.54) is 0 Å². The molecule has 264 valence electrons. The average Bonchev–Trinajstić information content (AvgIpc) is 3.10. The van der Waals surface area contributed by atoms with E-state index in [0.29, 0.717) is 30.5 Å². The van der Waals surface area contributed by atoms with E-state index >= 15 is 0 Å². The van der Waals surface area contributed by atoms with E-state index in [-0.39, 0.29) is 94.9 Å². The summed E-state index contributed by atoms with van der Waals surface area (Å²) in [7, 11) is -10.8. The van der Waals surface area contributed by atoms with Gasteiger partial charge in [-0.1, -0.05) is 60.7 Å². The summed E-state index contributed by atoms with van der Waals surface area (Å²) < 4.78 is 74.8. The van der Waals surface area contributed by atoms with Crippen molar-refractivity contribution in [3.05, 3.63) is 108 Å². The number of anilines is 2. The van der Waals surface area contributed by atoms with Crippen LogP contribution in [0.3, 0.4) is 0 Å². The van der Waals surface area contributed by atoms with Crippen LogP contribution in [0.25, 0.3) is 0 Å². The zero-order chi connectivity index (χ0) is 36.3. The summed E-state index contributed by atoms with van der Waals surface area (Å²) in [6.45, 7) is 0.614. The van der Waals surface area contributed by atoms with Crippen LogP contribution >= 0.6 is 0 Å². The topological polar surface area (TPSA) is 261 Å². The van der Waals surface area contributed by atoms with Gasteiger partial charge in [-0.05, 0) is 47.5 Å². The molecule has 8 bridgehead atoms. The molecule has 18 nitrogen and oxygen atoms in total. The monoisotopic (exact) mass is 784 g/mol. The molecule has 0 atom stereocenters. The molecule has 0 aromatic heterocycles. The van der Waals surface area contributed by atoms with Crippen molar-refractivity contribution in [1.82, 2.24) is 21.3 Å². The SMILES string of the molecule is O=S(=O)([O-])c1cc(S(=O)(=O)[O-])c2cc1N=C1N=C(NCc3ccccc3)N=C(N1)Nc1ccc(cc1)NC1=NC(NCc3ccccc3)=NC(=N2)N1.[Na+].[Na+]. The molecule has 0 saturated carbocycles.